The summed E-state index contributed by atoms with van der Waals surface area (Å²) in [6, 6.07) is 8.02. The summed E-state index contributed by atoms with van der Waals surface area (Å²) in [4.78, 5) is 27.9. The van der Waals surface area contributed by atoms with Crippen LogP contribution >= 0.6 is 11.6 Å². The molecule has 1 N–H and O–H groups in total. The zero-order valence-electron chi connectivity index (χ0n) is 21.1. The van der Waals surface area contributed by atoms with Gasteiger partial charge in [-0.2, -0.15) is 0 Å². The molecule has 37 heavy (non-hydrogen) atoms. The van der Waals surface area contributed by atoms with Gasteiger partial charge in [-0.3, -0.25) is 19.2 Å². The van der Waals surface area contributed by atoms with E-state index in [1.165, 1.54) is 44.4 Å². The van der Waals surface area contributed by atoms with E-state index in [2.05, 4.69) is 22.2 Å². The van der Waals surface area contributed by atoms with Gasteiger partial charge in [0.1, 0.15) is 12.3 Å². The van der Waals surface area contributed by atoms with E-state index in [0.717, 1.165) is 43.1 Å². The van der Waals surface area contributed by atoms with Crippen molar-refractivity contribution < 1.29 is 22.9 Å². The van der Waals surface area contributed by atoms with E-state index < -0.39 is 27.4 Å². The number of methoxy groups -OCH3 is 1. The Hall–Kier alpha value is -2.93. The van der Waals surface area contributed by atoms with E-state index in [1.807, 2.05) is 0 Å². The van der Waals surface area contributed by atoms with Crippen molar-refractivity contribution >= 4 is 38.9 Å². The summed E-state index contributed by atoms with van der Waals surface area (Å²) in [5.74, 6) is -0.344. The van der Waals surface area contributed by atoms with Crippen LogP contribution in [0.2, 0.25) is 5.02 Å². The van der Waals surface area contributed by atoms with Crippen LogP contribution in [-0.4, -0.2) is 89.0 Å². The second-order valence-corrected chi connectivity index (χ2v) is 11.2. The molecule has 0 atom stereocenters. The van der Waals surface area contributed by atoms with Crippen LogP contribution in [0, 0.1) is 17.0 Å². The second-order valence-electron chi connectivity index (χ2n) is 8.88. The number of amides is 1. The lowest BCUT2D eigenvalue weighted by atomic mass is 10.2. The van der Waals surface area contributed by atoms with Gasteiger partial charge in [0.25, 0.3) is 15.7 Å². The van der Waals surface area contributed by atoms with Gasteiger partial charge in [0.05, 0.1) is 22.6 Å². The Morgan fingerprint density at radius 3 is 2.54 bits per heavy atom. The largest absolute Gasteiger partial charge is 0.495 e. The number of ether oxygens (including phenoxy) is 1. The van der Waals surface area contributed by atoms with Crippen molar-refractivity contribution in [3.05, 3.63) is 57.1 Å². The van der Waals surface area contributed by atoms with Crippen molar-refractivity contribution in [2.24, 2.45) is 0 Å². The molecule has 0 saturated carbocycles. The maximum absolute atomic E-state index is 13.7. The van der Waals surface area contributed by atoms with Gasteiger partial charge in [0.2, 0.25) is 5.91 Å². The van der Waals surface area contributed by atoms with Gasteiger partial charge in [-0.1, -0.05) is 17.7 Å². The number of sulfonamides is 1. The van der Waals surface area contributed by atoms with E-state index in [4.69, 9.17) is 16.3 Å². The fourth-order valence-electron chi connectivity index (χ4n) is 4.02. The molecule has 1 fully saturated rings. The van der Waals surface area contributed by atoms with Crippen LogP contribution in [0.3, 0.4) is 0 Å². The third-order valence-corrected chi connectivity index (χ3v) is 8.22. The highest BCUT2D eigenvalue weighted by atomic mass is 35.5. The van der Waals surface area contributed by atoms with Gasteiger partial charge in [-0.05, 0) is 51.2 Å². The van der Waals surface area contributed by atoms with E-state index in [9.17, 15) is 23.3 Å². The Bertz CT molecular complexity index is 1230. The number of aryl methyl sites for hydroxylation is 1. The first kappa shape index (κ1) is 28.6. The molecule has 0 unspecified atom stereocenters. The minimum atomic E-state index is -4.41. The molecule has 11 nitrogen and oxygen atoms in total. The average molecular weight is 554 g/mol. The normalized spacial score (nSPS) is 14.8. The number of halogens is 1. The van der Waals surface area contributed by atoms with Crippen molar-refractivity contribution in [2.75, 3.05) is 64.3 Å². The monoisotopic (exact) mass is 553 g/mol. The summed E-state index contributed by atoms with van der Waals surface area (Å²) in [5.41, 5.74) is 0.0205. The summed E-state index contributed by atoms with van der Waals surface area (Å²) in [6.07, 6.45) is 0.715. The summed E-state index contributed by atoms with van der Waals surface area (Å²) in [5, 5.41) is 14.4. The number of hydrogen-bond acceptors (Lipinski definition) is 8. The van der Waals surface area contributed by atoms with Crippen LogP contribution in [0.4, 0.5) is 11.4 Å². The predicted octanol–water partition coefficient (Wildman–Crippen LogP) is 2.51. The first-order valence-corrected chi connectivity index (χ1v) is 13.6. The number of carbonyl (C=O) groups is 1. The van der Waals surface area contributed by atoms with Crippen molar-refractivity contribution in [3.63, 3.8) is 0 Å². The topological polar surface area (TPSA) is 125 Å². The predicted molar refractivity (Wildman–Crippen MR) is 142 cm³/mol. The van der Waals surface area contributed by atoms with E-state index in [-0.39, 0.29) is 27.0 Å². The third-order valence-electron chi connectivity index (χ3n) is 6.23. The standard InChI is InChI=1S/C24H32ClN5O6S/c1-18-5-7-20(16-21(18)30(32)33)37(34,35)29(22-15-19(25)6-8-23(22)36-3)17-24(31)26-9-4-10-28-13-11-27(2)12-14-28/h5-8,15-16H,4,9-14,17H2,1-3H3,(H,26,31). The maximum atomic E-state index is 13.7. The van der Waals surface area contributed by atoms with Crippen LogP contribution in [0.5, 0.6) is 5.75 Å². The minimum Gasteiger partial charge on any atom is -0.495 e. The Kier molecular flexibility index (Phi) is 9.71. The fourth-order valence-corrected chi connectivity index (χ4v) is 5.63. The first-order valence-electron chi connectivity index (χ1n) is 11.8. The Morgan fingerprint density at radius 2 is 1.89 bits per heavy atom. The molecule has 1 saturated heterocycles. The van der Waals surface area contributed by atoms with Gasteiger partial charge in [-0.15, -0.1) is 0 Å². The van der Waals surface area contributed by atoms with Crippen molar-refractivity contribution in [3.8, 4) is 5.75 Å². The zero-order chi connectivity index (χ0) is 27.2. The molecule has 3 rings (SSSR count). The number of anilines is 1. The molecule has 0 radical (unpaired) electrons. The molecular weight excluding hydrogens is 522 g/mol. The third kappa shape index (κ3) is 7.31. The van der Waals surface area contributed by atoms with Crippen LogP contribution in [0.25, 0.3) is 0 Å². The molecule has 0 aliphatic carbocycles. The van der Waals surface area contributed by atoms with Crippen LogP contribution in [0.1, 0.15) is 12.0 Å². The molecular formula is C24H32ClN5O6S. The molecule has 2 aromatic carbocycles. The first-order chi connectivity index (χ1) is 17.5. The summed E-state index contributed by atoms with van der Waals surface area (Å²) in [6.45, 7) is 6.08. The average Bonchev–Trinajstić information content (AvgIpc) is 2.86. The lowest BCUT2D eigenvalue weighted by molar-refractivity contribution is -0.385. The quantitative estimate of drug-likeness (QED) is 0.256. The maximum Gasteiger partial charge on any atom is 0.273 e. The molecule has 1 heterocycles. The molecule has 0 aromatic heterocycles. The number of carbonyl (C=O) groups excluding carboxylic acids is 1. The molecule has 1 aliphatic rings. The molecule has 13 heteroatoms. The van der Waals surface area contributed by atoms with Gasteiger partial charge in [0, 0.05) is 49.4 Å². The number of benzene rings is 2. The number of likely N-dealkylation sites (N-methyl/N-ethyl adjacent to an activating group) is 1. The van der Waals surface area contributed by atoms with E-state index in [0.29, 0.717) is 18.5 Å². The number of nitrogens with one attached hydrogen (secondary N) is 1. The van der Waals surface area contributed by atoms with Gasteiger partial charge >= 0.3 is 0 Å². The Balaban J connectivity index is 1.82. The molecule has 1 amide bonds. The Morgan fingerprint density at radius 1 is 1.19 bits per heavy atom. The molecule has 0 spiro atoms. The fraction of sp³-hybridized carbons (Fsp3) is 0.458. The molecule has 0 bridgehead atoms. The van der Waals surface area contributed by atoms with Crippen LogP contribution in [0.15, 0.2) is 41.3 Å². The SMILES string of the molecule is COc1ccc(Cl)cc1N(CC(=O)NCCCN1CCN(C)CC1)S(=O)(=O)c1ccc(C)c([N+](=O)[O-])c1. The second kappa shape index (κ2) is 12.5. The lowest BCUT2D eigenvalue weighted by Gasteiger charge is -2.32. The highest BCUT2D eigenvalue weighted by molar-refractivity contribution is 7.92. The number of piperazine rings is 1. The summed E-state index contributed by atoms with van der Waals surface area (Å²) in [7, 11) is -0.956. The number of nitro groups is 1. The lowest BCUT2D eigenvalue weighted by Crippen LogP contribution is -2.45. The molecule has 1 aliphatic heterocycles. The Labute approximate surface area is 222 Å². The number of hydrogen-bond donors (Lipinski definition) is 1. The van der Waals surface area contributed by atoms with Crippen molar-refractivity contribution in [1.82, 2.24) is 15.1 Å². The molecule has 2 aromatic rings. The van der Waals surface area contributed by atoms with Crippen LogP contribution in [-0.2, 0) is 14.8 Å². The zero-order valence-corrected chi connectivity index (χ0v) is 22.7. The van der Waals surface area contributed by atoms with Crippen molar-refractivity contribution in [2.45, 2.75) is 18.2 Å². The number of nitro benzene ring substituents is 1. The smallest absolute Gasteiger partial charge is 0.273 e. The van der Waals surface area contributed by atoms with Gasteiger partial charge in [-0.25, -0.2) is 8.42 Å². The van der Waals surface area contributed by atoms with E-state index in [1.54, 1.807) is 0 Å². The number of nitrogens with zero attached hydrogens (tertiary/aromatic N) is 4. The van der Waals surface area contributed by atoms with E-state index >= 15 is 0 Å². The minimum absolute atomic E-state index is 0.0471. The van der Waals surface area contributed by atoms with Crippen LogP contribution < -0.4 is 14.4 Å². The highest BCUT2D eigenvalue weighted by Crippen LogP contribution is 2.35. The van der Waals surface area contributed by atoms with Crippen molar-refractivity contribution in [1.29, 1.82) is 0 Å². The van der Waals surface area contributed by atoms with Gasteiger partial charge < -0.3 is 19.9 Å². The summed E-state index contributed by atoms with van der Waals surface area (Å²) >= 11 is 6.15. The highest BCUT2D eigenvalue weighted by Gasteiger charge is 2.31. The molecule has 202 valence electrons. The van der Waals surface area contributed by atoms with Gasteiger partial charge in [0.15, 0.2) is 0 Å². The number of rotatable bonds is 11. The summed E-state index contributed by atoms with van der Waals surface area (Å²) < 4.78 is 33.6.